The van der Waals surface area contributed by atoms with Gasteiger partial charge in [0, 0.05) is 12.1 Å². The highest BCUT2D eigenvalue weighted by atomic mass is 32.1. The summed E-state index contributed by atoms with van der Waals surface area (Å²) in [5.74, 6) is 0.470. The first kappa shape index (κ1) is 18.9. The maximum Gasteiger partial charge on any atom is 0.273 e. The first-order valence-electron chi connectivity index (χ1n) is 7.08. The van der Waals surface area contributed by atoms with Crippen LogP contribution in [-0.2, 0) is 0 Å². The van der Waals surface area contributed by atoms with E-state index in [1.54, 1.807) is 0 Å². The first-order chi connectivity index (χ1) is 12.3. The van der Waals surface area contributed by atoms with E-state index in [4.69, 9.17) is 21.7 Å². The molecule has 136 valence electrons. The molecule has 2 rings (SSSR count). The third-order valence-corrected chi connectivity index (χ3v) is 3.49. The molecule has 0 aliphatic rings. The average Bonchev–Trinajstić information content (AvgIpc) is 2.61. The number of hydrogen-bond acceptors (Lipinski definition) is 7. The average molecular weight is 378 g/mol. The van der Waals surface area contributed by atoms with Crippen LogP contribution in [0.1, 0.15) is 0 Å². The van der Waals surface area contributed by atoms with E-state index in [9.17, 15) is 20.2 Å². The maximum absolute atomic E-state index is 10.8. The zero-order valence-electron chi connectivity index (χ0n) is 13.7. The summed E-state index contributed by atoms with van der Waals surface area (Å²) in [4.78, 5) is 20.6. The largest absolute Gasteiger partial charge is 0.494 e. The van der Waals surface area contributed by atoms with Gasteiger partial charge in [-0.2, -0.15) is 0 Å². The fourth-order valence-corrected chi connectivity index (χ4v) is 2.29. The van der Waals surface area contributed by atoms with Crippen molar-refractivity contribution in [2.75, 3.05) is 24.9 Å². The van der Waals surface area contributed by atoms with Crippen LogP contribution in [0.5, 0.6) is 11.5 Å². The molecule has 0 bridgehead atoms. The van der Waals surface area contributed by atoms with E-state index >= 15 is 0 Å². The van der Waals surface area contributed by atoms with Gasteiger partial charge in [-0.25, -0.2) is 0 Å². The Bertz CT molecular complexity index is 804. The summed E-state index contributed by atoms with van der Waals surface area (Å²) in [6.07, 6.45) is 0. The number of nitro benzene ring substituents is 2. The summed E-state index contributed by atoms with van der Waals surface area (Å²) in [7, 11) is 2.75. The van der Waals surface area contributed by atoms with Crippen LogP contribution >= 0.6 is 12.2 Å². The van der Waals surface area contributed by atoms with Gasteiger partial charge in [0.05, 0.1) is 47.6 Å². The number of benzene rings is 2. The van der Waals surface area contributed by atoms with Crippen LogP contribution in [0, 0.1) is 20.2 Å². The number of ether oxygens (including phenoxy) is 2. The monoisotopic (exact) mass is 378 g/mol. The van der Waals surface area contributed by atoms with Gasteiger partial charge in [-0.1, -0.05) is 0 Å². The van der Waals surface area contributed by atoms with Crippen molar-refractivity contribution in [2.45, 2.75) is 0 Å². The van der Waals surface area contributed by atoms with E-state index in [2.05, 4.69) is 10.6 Å². The minimum atomic E-state index is -0.537. The number of nitrogens with one attached hydrogen (secondary N) is 2. The fourth-order valence-electron chi connectivity index (χ4n) is 2.07. The van der Waals surface area contributed by atoms with Gasteiger partial charge in [-0.3, -0.25) is 20.2 Å². The lowest BCUT2D eigenvalue weighted by molar-refractivity contribution is -0.385. The zero-order valence-corrected chi connectivity index (χ0v) is 14.5. The van der Waals surface area contributed by atoms with Gasteiger partial charge in [0.15, 0.2) is 5.11 Å². The highest BCUT2D eigenvalue weighted by molar-refractivity contribution is 7.80. The number of nitrogens with zero attached hydrogens (tertiary/aromatic N) is 2. The lowest BCUT2D eigenvalue weighted by Gasteiger charge is -2.15. The van der Waals surface area contributed by atoms with Gasteiger partial charge >= 0.3 is 0 Å². The summed E-state index contributed by atoms with van der Waals surface area (Å²) in [6.45, 7) is 0. The van der Waals surface area contributed by atoms with Crippen LogP contribution in [0.25, 0.3) is 0 Å². The topological polar surface area (TPSA) is 129 Å². The Labute approximate surface area is 153 Å². The molecule has 0 aliphatic heterocycles. The molecule has 2 aromatic carbocycles. The van der Waals surface area contributed by atoms with Gasteiger partial charge in [0.2, 0.25) is 0 Å². The van der Waals surface area contributed by atoms with E-state index in [1.807, 2.05) is 0 Å². The fraction of sp³-hybridized carbons (Fsp3) is 0.133. The van der Waals surface area contributed by atoms with Crippen molar-refractivity contribution in [1.82, 2.24) is 0 Å². The molecular formula is C15H14N4O6S. The molecule has 0 aromatic heterocycles. The van der Waals surface area contributed by atoms with Crippen molar-refractivity contribution in [3.05, 3.63) is 56.6 Å². The molecule has 0 spiro atoms. The van der Waals surface area contributed by atoms with Gasteiger partial charge < -0.3 is 20.1 Å². The number of anilines is 2. The summed E-state index contributed by atoms with van der Waals surface area (Å²) in [5.41, 5.74) is 0.583. The van der Waals surface area contributed by atoms with E-state index in [0.29, 0.717) is 11.4 Å². The molecule has 2 N–H and O–H groups in total. The van der Waals surface area contributed by atoms with Crippen molar-refractivity contribution in [2.24, 2.45) is 0 Å². The second-order valence-corrected chi connectivity index (χ2v) is 5.27. The SMILES string of the molecule is COc1cc([N+](=O)[O-])ccc1NC(=S)Nc1ccc([N+](=O)[O-])cc1OC. The Hall–Kier alpha value is -3.47. The molecule has 0 heterocycles. The van der Waals surface area contributed by atoms with Crippen LogP contribution in [0.4, 0.5) is 22.7 Å². The van der Waals surface area contributed by atoms with Gasteiger partial charge in [0.1, 0.15) is 11.5 Å². The van der Waals surface area contributed by atoms with E-state index in [1.165, 1.54) is 50.6 Å². The maximum atomic E-state index is 10.8. The Kier molecular flexibility index (Phi) is 5.86. The van der Waals surface area contributed by atoms with E-state index in [0.717, 1.165) is 0 Å². The number of nitro groups is 2. The third-order valence-electron chi connectivity index (χ3n) is 3.29. The summed E-state index contributed by atoms with van der Waals surface area (Å²) >= 11 is 5.20. The van der Waals surface area contributed by atoms with Crippen molar-refractivity contribution in [1.29, 1.82) is 0 Å². The minimum Gasteiger partial charge on any atom is -0.494 e. The molecule has 0 atom stereocenters. The van der Waals surface area contributed by atoms with E-state index < -0.39 is 9.85 Å². The Morgan fingerprint density at radius 1 is 0.885 bits per heavy atom. The Morgan fingerprint density at radius 3 is 1.58 bits per heavy atom. The smallest absolute Gasteiger partial charge is 0.273 e. The number of rotatable bonds is 6. The molecule has 0 radical (unpaired) electrons. The number of hydrogen-bond donors (Lipinski definition) is 2. The highest BCUT2D eigenvalue weighted by Gasteiger charge is 2.15. The normalized spacial score (nSPS) is 9.92. The van der Waals surface area contributed by atoms with Crippen molar-refractivity contribution >= 4 is 40.1 Å². The van der Waals surface area contributed by atoms with Gasteiger partial charge in [0.25, 0.3) is 11.4 Å². The Morgan fingerprint density at radius 2 is 1.27 bits per heavy atom. The molecule has 0 saturated heterocycles. The van der Waals surface area contributed by atoms with Crippen LogP contribution in [0.3, 0.4) is 0 Å². The number of thiocarbonyl (C=S) groups is 1. The molecule has 11 heteroatoms. The standard InChI is InChI=1S/C15H14N4O6S/c1-24-13-7-9(18(20)21)3-5-11(13)16-15(26)17-12-6-4-10(19(22)23)8-14(12)25-2/h3-8H,1-2H3,(H2,16,17,26). The number of non-ortho nitro benzene ring substituents is 2. The summed E-state index contributed by atoms with van der Waals surface area (Å²) < 4.78 is 10.2. The molecule has 26 heavy (non-hydrogen) atoms. The molecular weight excluding hydrogens is 364 g/mol. The second kappa shape index (κ2) is 8.07. The van der Waals surface area contributed by atoms with Crippen LogP contribution < -0.4 is 20.1 Å². The lowest BCUT2D eigenvalue weighted by Crippen LogP contribution is -2.20. The predicted molar refractivity (Wildman–Crippen MR) is 99.1 cm³/mol. The quantitative estimate of drug-likeness (QED) is 0.441. The molecule has 0 saturated carbocycles. The van der Waals surface area contributed by atoms with Crippen LogP contribution in [-0.4, -0.2) is 29.2 Å². The highest BCUT2D eigenvalue weighted by Crippen LogP contribution is 2.31. The van der Waals surface area contributed by atoms with Crippen molar-refractivity contribution < 1.29 is 19.3 Å². The lowest BCUT2D eigenvalue weighted by atomic mass is 10.2. The summed E-state index contributed by atoms with van der Waals surface area (Å²) in [5, 5.41) is 27.5. The molecule has 0 unspecified atom stereocenters. The minimum absolute atomic E-state index is 0.122. The molecule has 0 fully saturated rings. The van der Waals surface area contributed by atoms with Gasteiger partial charge in [-0.15, -0.1) is 0 Å². The molecule has 0 amide bonds. The predicted octanol–water partition coefficient (Wildman–Crippen LogP) is 3.33. The Balaban J connectivity index is 2.19. The van der Waals surface area contributed by atoms with Gasteiger partial charge in [-0.05, 0) is 24.4 Å². The number of methoxy groups -OCH3 is 2. The van der Waals surface area contributed by atoms with E-state index in [-0.39, 0.29) is 28.0 Å². The van der Waals surface area contributed by atoms with Crippen LogP contribution in [0.15, 0.2) is 36.4 Å². The van der Waals surface area contributed by atoms with Crippen molar-refractivity contribution in [3.8, 4) is 11.5 Å². The summed E-state index contributed by atoms with van der Waals surface area (Å²) in [6, 6.07) is 8.05. The van der Waals surface area contributed by atoms with Crippen molar-refractivity contribution in [3.63, 3.8) is 0 Å². The molecule has 2 aromatic rings. The first-order valence-corrected chi connectivity index (χ1v) is 7.49. The molecule has 10 nitrogen and oxygen atoms in total. The zero-order chi connectivity index (χ0) is 19.3. The second-order valence-electron chi connectivity index (χ2n) is 4.86. The third kappa shape index (κ3) is 4.33. The molecule has 0 aliphatic carbocycles. The van der Waals surface area contributed by atoms with Crippen LogP contribution in [0.2, 0.25) is 0 Å².